The number of nitrogens with zero attached hydrogens (tertiary/aromatic N) is 1. The van der Waals surface area contributed by atoms with Gasteiger partial charge in [0.2, 0.25) is 0 Å². The van der Waals surface area contributed by atoms with Crippen LogP contribution in [-0.2, 0) is 16.6 Å². The molecule has 4 aromatic carbocycles. The number of hydrogen-bond acceptors (Lipinski definition) is 5. The molecule has 202 valence electrons. The Kier molecular flexibility index (Phi) is 8.88. The first-order valence-corrected chi connectivity index (χ1v) is 14.1. The molecule has 0 spiro atoms. The first-order chi connectivity index (χ1) is 18.8. The fraction of sp³-hybridized carbons (Fsp3) is 0.194. The standard InChI is InChI=1S/C31H32N2O5S/c1-4-38-27-16-14-25(15-17-27)23(2)32-31(34)29-12-8-9-13-30(29)33(22-24-10-6-5-7-11-24)39(35,36)28-20-18-26(37-3)19-21-28/h5-21,23H,4,22H2,1-3H3,(H,32,34)/t23-/m0/s1. The van der Waals surface area contributed by atoms with Crippen LogP contribution in [0, 0.1) is 0 Å². The number of carbonyl (C=O) groups is 1. The van der Waals surface area contributed by atoms with E-state index in [9.17, 15) is 13.2 Å². The lowest BCUT2D eigenvalue weighted by Crippen LogP contribution is -2.34. The van der Waals surface area contributed by atoms with Crippen molar-refractivity contribution in [3.05, 3.63) is 120 Å². The minimum atomic E-state index is -4.04. The lowest BCUT2D eigenvalue weighted by atomic mass is 10.1. The quantitative estimate of drug-likeness (QED) is 0.251. The van der Waals surface area contributed by atoms with Gasteiger partial charge in [0.1, 0.15) is 11.5 Å². The Hall–Kier alpha value is -4.30. The average molecular weight is 545 g/mol. The third kappa shape index (κ3) is 6.59. The van der Waals surface area contributed by atoms with Crippen molar-refractivity contribution in [3.8, 4) is 11.5 Å². The van der Waals surface area contributed by atoms with Crippen LogP contribution < -0.4 is 19.1 Å². The SMILES string of the molecule is CCOc1ccc([C@H](C)NC(=O)c2ccccc2N(Cc2ccccc2)S(=O)(=O)c2ccc(OC)cc2)cc1. The van der Waals surface area contributed by atoms with Crippen molar-refractivity contribution in [2.45, 2.75) is 31.3 Å². The van der Waals surface area contributed by atoms with Crippen LogP contribution in [-0.4, -0.2) is 28.0 Å². The number of nitrogens with one attached hydrogen (secondary N) is 1. The zero-order valence-corrected chi connectivity index (χ0v) is 23.0. The lowest BCUT2D eigenvalue weighted by Gasteiger charge is -2.27. The van der Waals surface area contributed by atoms with E-state index in [1.54, 1.807) is 36.4 Å². The Balaban J connectivity index is 1.69. The number of ether oxygens (including phenoxy) is 2. The number of benzene rings is 4. The highest BCUT2D eigenvalue weighted by Crippen LogP contribution is 2.30. The molecule has 0 radical (unpaired) electrons. The maximum Gasteiger partial charge on any atom is 0.264 e. The fourth-order valence-electron chi connectivity index (χ4n) is 4.18. The first kappa shape index (κ1) is 27.7. The molecule has 7 nitrogen and oxygen atoms in total. The Labute approximate surface area is 230 Å². The lowest BCUT2D eigenvalue weighted by molar-refractivity contribution is 0.0940. The topological polar surface area (TPSA) is 84.9 Å². The number of amides is 1. The summed E-state index contributed by atoms with van der Waals surface area (Å²) in [5.41, 5.74) is 2.22. The summed E-state index contributed by atoms with van der Waals surface area (Å²) >= 11 is 0. The van der Waals surface area contributed by atoms with Crippen molar-refractivity contribution in [2.24, 2.45) is 0 Å². The van der Waals surface area contributed by atoms with Gasteiger partial charge in [0.25, 0.3) is 15.9 Å². The predicted molar refractivity (Wildman–Crippen MR) is 153 cm³/mol. The second-order valence-corrected chi connectivity index (χ2v) is 10.7. The molecule has 0 saturated heterocycles. The van der Waals surface area contributed by atoms with E-state index in [0.717, 1.165) is 16.9 Å². The van der Waals surface area contributed by atoms with Crippen LogP contribution in [0.2, 0.25) is 0 Å². The summed E-state index contributed by atoms with van der Waals surface area (Å²) in [5.74, 6) is 0.923. The zero-order valence-electron chi connectivity index (χ0n) is 22.2. The maximum absolute atomic E-state index is 14.0. The highest BCUT2D eigenvalue weighted by atomic mass is 32.2. The number of carbonyl (C=O) groups excluding carboxylic acids is 1. The molecule has 0 aromatic heterocycles. The normalized spacial score (nSPS) is 11.9. The largest absolute Gasteiger partial charge is 0.497 e. The summed E-state index contributed by atoms with van der Waals surface area (Å²) in [7, 11) is -2.52. The fourth-order valence-corrected chi connectivity index (χ4v) is 5.66. The second kappa shape index (κ2) is 12.5. The van der Waals surface area contributed by atoms with Gasteiger partial charge in [0.15, 0.2) is 0 Å². The average Bonchev–Trinajstić information content (AvgIpc) is 2.97. The summed E-state index contributed by atoms with van der Waals surface area (Å²) in [5, 5.41) is 3.01. The molecule has 4 aromatic rings. The van der Waals surface area contributed by atoms with Crippen molar-refractivity contribution in [1.82, 2.24) is 5.32 Å². The minimum Gasteiger partial charge on any atom is -0.497 e. The van der Waals surface area contributed by atoms with Crippen molar-refractivity contribution in [3.63, 3.8) is 0 Å². The summed E-state index contributed by atoms with van der Waals surface area (Å²) < 4.78 is 39.9. The van der Waals surface area contributed by atoms with Crippen molar-refractivity contribution in [1.29, 1.82) is 0 Å². The molecular weight excluding hydrogens is 512 g/mol. The molecule has 0 saturated carbocycles. The van der Waals surface area contributed by atoms with Gasteiger partial charge in [-0.1, -0.05) is 54.6 Å². The van der Waals surface area contributed by atoms with Gasteiger partial charge >= 0.3 is 0 Å². The van der Waals surface area contributed by atoms with Crippen LogP contribution in [0.4, 0.5) is 5.69 Å². The summed E-state index contributed by atoms with van der Waals surface area (Å²) in [6.07, 6.45) is 0. The van der Waals surface area contributed by atoms with E-state index >= 15 is 0 Å². The number of para-hydroxylation sites is 1. The van der Waals surface area contributed by atoms with E-state index in [1.807, 2.05) is 68.4 Å². The number of anilines is 1. The molecule has 0 aliphatic rings. The van der Waals surface area contributed by atoms with Crippen molar-refractivity contribution in [2.75, 3.05) is 18.0 Å². The summed E-state index contributed by atoms with van der Waals surface area (Å²) in [6.45, 7) is 4.42. The van der Waals surface area contributed by atoms with Gasteiger partial charge < -0.3 is 14.8 Å². The second-order valence-electron chi connectivity index (χ2n) is 8.89. The Morgan fingerprint density at radius 3 is 2.10 bits per heavy atom. The van der Waals surface area contributed by atoms with Crippen molar-refractivity contribution < 1.29 is 22.7 Å². The molecule has 1 N–H and O–H groups in total. The molecule has 0 unspecified atom stereocenters. The van der Waals surface area contributed by atoms with E-state index in [0.29, 0.717) is 12.4 Å². The van der Waals surface area contributed by atoms with Crippen LogP contribution >= 0.6 is 0 Å². The Morgan fingerprint density at radius 1 is 0.846 bits per heavy atom. The zero-order chi connectivity index (χ0) is 27.8. The van der Waals surface area contributed by atoms with Crippen LogP contribution in [0.3, 0.4) is 0 Å². The van der Waals surface area contributed by atoms with Crippen molar-refractivity contribution >= 4 is 21.6 Å². The van der Waals surface area contributed by atoms with Gasteiger partial charge in [-0.05, 0) is 73.5 Å². The van der Waals surface area contributed by atoms with E-state index in [-0.39, 0.29) is 34.6 Å². The van der Waals surface area contributed by atoms with E-state index in [2.05, 4.69) is 5.32 Å². The number of sulfonamides is 1. The van der Waals surface area contributed by atoms with E-state index < -0.39 is 10.0 Å². The predicted octanol–water partition coefficient (Wildman–Crippen LogP) is 5.98. The van der Waals surface area contributed by atoms with Crippen LogP contribution in [0.1, 0.15) is 41.4 Å². The first-order valence-electron chi connectivity index (χ1n) is 12.7. The van der Waals surface area contributed by atoms with Gasteiger partial charge in [-0.15, -0.1) is 0 Å². The molecule has 0 heterocycles. The highest BCUT2D eigenvalue weighted by molar-refractivity contribution is 7.92. The van der Waals surface area contributed by atoms with Gasteiger partial charge in [-0.25, -0.2) is 8.42 Å². The molecule has 39 heavy (non-hydrogen) atoms. The van der Waals surface area contributed by atoms with Gasteiger partial charge in [0.05, 0.1) is 42.4 Å². The molecule has 0 aliphatic heterocycles. The minimum absolute atomic E-state index is 0.0495. The molecule has 8 heteroatoms. The highest BCUT2D eigenvalue weighted by Gasteiger charge is 2.29. The third-order valence-corrected chi connectivity index (χ3v) is 8.05. The molecule has 4 rings (SSSR count). The number of hydrogen-bond donors (Lipinski definition) is 1. The number of rotatable bonds is 11. The van der Waals surface area contributed by atoms with Crippen LogP contribution in [0.25, 0.3) is 0 Å². The molecule has 0 aliphatic carbocycles. The van der Waals surface area contributed by atoms with Gasteiger partial charge in [-0.3, -0.25) is 9.10 Å². The summed E-state index contributed by atoms with van der Waals surface area (Å²) in [4.78, 5) is 13.6. The molecule has 1 atom stereocenters. The molecular formula is C31H32N2O5S. The van der Waals surface area contributed by atoms with Crippen LogP contribution in [0.5, 0.6) is 11.5 Å². The maximum atomic E-state index is 14.0. The Morgan fingerprint density at radius 2 is 1.46 bits per heavy atom. The smallest absolute Gasteiger partial charge is 0.264 e. The molecule has 0 fully saturated rings. The molecule has 0 bridgehead atoms. The van der Waals surface area contributed by atoms with E-state index in [1.165, 1.54) is 23.5 Å². The van der Waals surface area contributed by atoms with Gasteiger partial charge in [0, 0.05) is 0 Å². The Bertz CT molecular complexity index is 1490. The van der Waals surface area contributed by atoms with Gasteiger partial charge in [-0.2, -0.15) is 0 Å². The van der Waals surface area contributed by atoms with E-state index in [4.69, 9.17) is 9.47 Å². The third-order valence-electron chi connectivity index (χ3n) is 6.27. The molecule has 1 amide bonds. The number of methoxy groups -OCH3 is 1. The van der Waals surface area contributed by atoms with Crippen LogP contribution in [0.15, 0.2) is 108 Å². The summed E-state index contributed by atoms with van der Waals surface area (Å²) in [6, 6.07) is 29.4. The monoisotopic (exact) mass is 544 g/mol.